The number of unbranched alkanes of at least 4 members (excludes halogenated alkanes) is 1. The number of halogens is 1. The first-order chi connectivity index (χ1) is 15.0. The highest BCUT2D eigenvalue weighted by molar-refractivity contribution is 9.11. The lowest BCUT2D eigenvalue weighted by atomic mass is 9.77. The molecule has 0 aliphatic rings. The summed E-state index contributed by atoms with van der Waals surface area (Å²) >= 11 is 3.53. The van der Waals surface area contributed by atoms with Crippen molar-refractivity contribution >= 4 is 15.9 Å². The van der Waals surface area contributed by atoms with Crippen LogP contribution in [0.1, 0.15) is 56.7 Å². The molecule has 0 bridgehead atoms. The predicted molar refractivity (Wildman–Crippen MR) is 135 cm³/mol. The molecule has 1 unspecified atom stereocenters. The summed E-state index contributed by atoms with van der Waals surface area (Å²) < 4.78 is 7.28. The Morgan fingerprint density at radius 1 is 0.774 bits per heavy atom. The van der Waals surface area contributed by atoms with E-state index >= 15 is 0 Å². The molecular formula is C29H33BrO. The topological polar surface area (TPSA) is 9.23 Å². The van der Waals surface area contributed by atoms with E-state index in [4.69, 9.17) is 4.74 Å². The van der Waals surface area contributed by atoms with Gasteiger partial charge in [-0.15, -0.1) is 0 Å². The van der Waals surface area contributed by atoms with Gasteiger partial charge in [-0.25, -0.2) is 0 Å². The van der Waals surface area contributed by atoms with Crippen LogP contribution in [0.15, 0.2) is 102 Å². The van der Waals surface area contributed by atoms with Crippen molar-refractivity contribution in [3.8, 4) is 0 Å². The summed E-state index contributed by atoms with van der Waals surface area (Å²) in [5.74, 6) is 0. The third-order valence-electron chi connectivity index (χ3n) is 6.04. The van der Waals surface area contributed by atoms with Crippen LogP contribution < -0.4 is 0 Å². The van der Waals surface area contributed by atoms with Gasteiger partial charge in [0.05, 0.1) is 6.10 Å². The van der Waals surface area contributed by atoms with Gasteiger partial charge in [0.1, 0.15) is 5.60 Å². The molecule has 1 nitrogen and oxygen atoms in total. The molecule has 0 fully saturated rings. The summed E-state index contributed by atoms with van der Waals surface area (Å²) in [6.45, 7) is 6.87. The van der Waals surface area contributed by atoms with Gasteiger partial charge in [-0.3, -0.25) is 0 Å². The van der Waals surface area contributed by atoms with Crippen LogP contribution in [0.5, 0.6) is 0 Å². The van der Waals surface area contributed by atoms with E-state index in [0.717, 1.165) is 23.1 Å². The Hall–Kier alpha value is -2.16. The maximum absolute atomic E-state index is 7.28. The Morgan fingerprint density at radius 3 is 1.55 bits per heavy atom. The minimum atomic E-state index is -0.718. The minimum Gasteiger partial charge on any atom is -0.353 e. The number of hydrogen-bond donors (Lipinski definition) is 0. The van der Waals surface area contributed by atoms with Crippen LogP contribution in [-0.2, 0) is 10.3 Å². The van der Waals surface area contributed by atoms with Crippen molar-refractivity contribution in [3.63, 3.8) is 0 Å². The molecule has 0 aliphatic heterocycles. The minimum absolute atomic E-state index is 0.0239. The smallest absolute Gasteiger partial charge is 0.144 e. The molecule has 0 spiro atoms. The van der Waals surface area contributed by atoms with Crippen molar-refractivity contribution in [2.75, 3.05) is 0 Å². The Labute approximate surface area is 196 Å². The second-order valence-corrected chi connectivity index (χ2v) is 9.26. The summed E-state index contributed by atoms with van der Waals surface area (Å²) in [6, 6.07) is 31.8. The normalized spacial score (nSPS) is 13.4. The molecule has 2 heteroatoms. The Kier molecular flexibility index (Phi) is 8.28. The zero-order valence-corrected chi connectivity index (χ0v) is 20.4. The van der Waals surface area contributed by atoms with E-state index in [-0.39, 0.29) is 11.5 Å². The van der Waals surface area contributed by atoms with E-state index in [1.54, 1.807) is 0 Å². The number of hydrogen-bond acceptors (Lipinski definition) is 1. The summed E-state index contributed by atoms with van der Waals surface area (Å²) in [5.41, 5.74) is 2.65. The lowest BCUT2D eigenvalue weighted by molar-refractivity contribution is -0.0777. The monoisotopic (exact) mass is 476 g/mol. The summed E-state index contributed by atoms with van der Waals surface area (Å²) in [7, 11) is 0. The van der Waals surface area contributed by atoms with Gasteiger partial charge in [0.2, 0.25) is 0 Å². The molecule has 3 aromatic rings. The highest BCUT2D eigenvalue weighted by Crippen LogP contribution is 2.45. The first-order valence-corrected chi connectivity index (χ1v) is 12.1. The maximum Gasteiger partial charge on any atom is 0.144 e. The first-order valence-electron chi connectivity index (χ1n) is 11.2. The van der Waals surface area contributed by atoms with Gasteiger partial charge in [0.15, 0.2) is 0 Å². The quantitative estimate of drug-likeness (QED) is 0.266. The molecule has 3 aromatic carbocycles. The highest BCUT2D eigenvalue weighted by atomic mass is 79.9. The van der Waals surface area contributed by atoms with Crippen LogP contribution in [0, 0.1) is 5.41 Å². The van der Waals surface area contributed by atoms with Crippen LogP contribution in [-0.4, -0.2) is 6.10 Å². The molecule has 0 heterocycles. The fourth-order valence-electron chi connectivity index (χ4n) is 4.21. The third kappa shape index (κ3) is 5.37. The molecule has 0 saturated carbocycles. The van der Waals surface area contributed by atoms with Crippen molar-refractivity contribution < 1.29 is 4.74 Å². The van der Waals surface area contributed by atoms with E-state index in [0.29, 0.717) is 0 Å². The van der Waals surface area contributed by atoms with E-state index in [9.17, 15) is 0 Å². The molecule has 31 heavy (non-hydrogen) atoms. The maximum atomic E-state index is 7.28. The van der Waals surface area contributed by atoms with Crippen molar-refractivity contribution in [3.05, 3.63) is 119 Å². The van der Waals surface area contributed by atoms with Gasteiger partial charge in [-0.05, 0) is 39.6 Å². The fraction of sp³-hybridized carbons (Fsp3) is 0.310. The van der Waals surface area contributed by atoms with Crippen molar-refractivity contribution in [2.45, 2.75) is 51.7 Å². The van der Waals surface area contributed by atoms with Crippen molar-refractivity contribution in [1.82, 2.24) is 0 Å². The van der Waals surface area contributed by atoms with Crippen LogP contribution >= 0.6 is 15.9 Å². The molecule has 0 radical (unpaired) electrons. The molecule has 0 aliphatic carbocycles. The van der Waals surface area contributed by atoms with Crippen LogP contribution in [0.2, 0.25) is 0 Å². The van der Waals surface area contributed by atoms with E-state index < -0.39 is 5.60 Å². The molecule has 0 aromatic heterocycles. The first kappa shape index (κ1) is 23.5. The standard InChI is InChI=1S/C29H33BrO/c1-4-5-22-28(2,3)27(21-23-30)31-29(24-15-9-6-10-16-24,25-17-11-7-12-18-25)26-19-13-8-14-20-26/h6-21,23,27H,4-5,22H2,1-3H3. The molecule has 1 atom stereocenters. The zero-order chi connectivity index (χ0) is 22.2. The molecule has 0 N–H and O–H groups in total. The average Bonchev–Trinajstić information content (AvgIpc) is 2.82. The molecule has 162 valence electrons. The van der Waals surface area contributed by atoms with E-state index in [1.807, 2.05) is 4.99 Å². The SMILES string of the molecule is CCCCC(C)(C)C(C=CBr)OC(c1ccccc1)(c1ccccc1)c1ccccc1. The van der Waals surface area contributed by atoms with E-state index in [1.165, 1.54) is 12.8 Å². The van der Waals surface area contributed by atoms with Crippen molar-refractivity contribution in [2.24, 2.45) is 5.41 Å². The van der Waals surface area contributed by atoms with Crippen LogP contribution in [0.25, 0.3) is 0 Å². The summed E-state index contributed by atoms with van der Waals surface area (Å²) in [4.78, 5) is 1.94. The molecule has 3 rings (SSSR count). The van der Waals surface area contributed by atoms with Gasteiger partial charge in [-0.2, -0.15) is 0 Å². The van der Waals surface area contributed by atoms with Crippen LogP contribution in [0.3, 0.4) is 0 Å². The Balaban J connectivity index is 2.24. The largest absolute Gasteiger partial charge is 0.353 e. The zero-order valence-electron chi connectivity index (χ0n) is 18.8. The number of benzene rings is 3. The van der Waals surface area contributed by atoms with Gasteiger partial charge in [0.25, 0.3) is 0 Å². The number of rotatable bonds is 10. The van der Waals surface area contributed by atoms with Crippen molar-refractivity contribution in [1.29, 1.82) is 0 Å². The fourth-order valence-corrected chi connectivity index (χ4v) is 4.49. The van der Waals surface area contributed by atoms with Gasteiger partial charge in [-0.1, -0.05) is 141 Å². The molecule has 0 saturated heterocycles. The number of ether oxygens (including phenoxy) is 1. The Morgan fingerprint density at radius 2 is 1.19 bits per heavy atom. The third-order valence-corrected chi connectivity index (χ3v) is 6.34. The van der Waals surface area contributed by atoms with Gasteiger partial charge >= 0.3 is 0 Å². The summed E-state index contributed by atoms with van der Waals surface area (Å²) in [5, 5.41) is 0. The lowest BCUT2D eigenvalue weighted by Crippen LogP contribution is -2.42. The van der Waals surface area contributed by atoms with Gasteiger partial charge in [0, 0.05) is 0 Å². The second kappa shape index (κ2) is 10.9. The molecule has 0 amide bonds. The summed E-state index contributed by atoms with van der Waals surface area (Å²) in [6.07, 6.45) is 5.52. The van der Waals surface area contributed by atoms with Gasteiger partial charge < -0.3 is 4.74 Å². The Bertz CT molecular complexity index is 836. The highest BCUT2D eigenvalue weighted by Gasteiger charge is 2.42. The second-order valence-electron chi connectivity index (χ2n) is 8.73. The lowest BCUT2D eigenvalue weighted by Gasteiger charge is -2.43. The average molecular weight is 477 g/mol. The molecular weight excluding hydrogens is 444 g/mol. The van der Waals surface area contributed by atoms with Crippen LogP contribution in [0.4, 0.5) is 0 Å². The van der Waals surface area contributed by atoms with E-state index in [2.05, 4.69) is 134 Å². The predicted octanol–water partition coefficient (Wildman–Crippen LogP) is 8.49.